The minimum Gasteiger partial charge on any atom is -0.473 e. The van der Waals surface area contributed by atoms with Crippen molar-refractivity contribution in [3.63, 3.8) is 0 Å². The minimum absolute atomic E-state index is 0.0199. The Kier molecular flexibility index (Phi) is 5.51. The fourth-order valence-corrected chi connectivity index (χ4v) is 3.97. The topological polar surface area (TPSA) is 93.4 Å². The van der Waals surface area contributed by atoms with Crippen molar-refractivity contribution in [1.82, 2.24) is 9.97 Å². The van der Waals surface area contributed by atoms with E-state index in [1.165, 1.54) is 6.07 Å². The third-order valence-electron chi connectivity index (χ3n) is 5.76. The van der Waals surface area contributed by atoms with Gasteiger partial charge in [0.05, 0.1) is 30.4 Å². The number of aromatic nitrogens is 2. The van der Waals surface area contributed by atoms with Gasteiger partial charge < -0.3 is 25.3 Å². The molecule has 1 aliphatic heterocycles. The first-order chi connectivity index (χ1) is 15.6. The van der Waals surface area contributed by atoms with Crippen molar-refractivity contribution < 1.29 is 19.0 Å². The van der Waals surface area contributed by atoms with E-state index >= 15 is 0 Å². The van der Waals surface area contributed by atoms with E-state index < -0.39 is 5.82 Å². The van der Waals surface area contributed by atoms with E-state index in [1.54, 1.807) is 6.07 Å². The van der Waals surface area contributed by atoms with Crippen LogP contribution in [0.3, 0.4) is 0 Å². The standard InChI is InChI=1S/C25H24FN3O3/c26-21-11-22-23(12-24(28-22)32-20-10-9-19(13-30)31-14-20)29-25(21)17-3-1-15(2-4-17)16-5-7-18(27)8-6-16/h1-8,11-12,19-20,28,30H,9-10,13-14,27H2/t19-,20-/m0/s1. The van der Waals surface area contributed by atoms with E-state index in [0.29, 0.717) is 40.5 Å². The van der Waals surface area contributed by atoms with E-state index in [0.717, 1.165) is 24.0 Å². The number of aromatic amines is 1. The van der Waals surface area contributed by atoms with Crippen LogP contribution in [0.5, 0.6) is 5.88 Å². The number of nitrogens with one attached hydrogen (secondary N) is 1. The van der Waals surface area contributed by atoms with E-state index in [2.05, 4.69) is 9.97 Å². The molecular formula is C25H24FN3O3. The van der Waals surface area contributed by atoms with Gasteiger partial charge in [-0.1, -0.05) is 36.4 Å². The number of aliphatic hydroxyl groups excluding tert-OH is 1. The molecule has 0 radical (unpaired) electrons. The van der Waals surface area contributed by atoms with Crippen molar-refractivity contribution in [3.8, 4) is 28.3 Å². The third kappa shape index (κ3) is 4.17. The van der Waals surface area contributed by atoms with Gasteiger partial charge in [0.25, 0.3) is 0 Å². The number of rotatable bonds is 5. The molecule has 0 saturated carbocycles. The first kappa shape index (κ1) is 20.5. The number of halogens is 1. The van der Waals surface area contributed by atoms with Crippen molar-refractivity contribution >= 4 is 16.7 Å². The van der Waals surface area contributed by atoms with Crippen LogP contribution in [0.1, 0.15) is 12.8 Å². The molecule has 164 valence electrons. The van der Waals surface area contributed by atoms with Gasteiger partial charge in [-0.05, 0) is 36.1 Å². The lowest BCUT2D eigenvalue weighted by Gasteiger charge is -2.27. The molecule has 32 heavy (non-hydrogen) atoms. The molecule has 0 unspecified atom stereocenters. The highest BCUT2D eigenvalue weighted by atomic mass is 19.1. The van der Waals surface area contributed by atoms with Crippen LogP contribution in [0.2, 0.25) is 0 Å². The lowest BCUT2D eigenvalue weighted by Crippen LogP contribution is -2.35. The highest BCUT2D eigenvalue weighted by molar-refractivity contribution is 5.81. The second-order valence-electron chi connectivity index (χ2n) is 8.04. The first-order valence-corrected chi connectivity index (χ1v) is 10.6. The number of anilines is 1. The zero-order valence-corrected chi connectivity index (χ0v) is 17.4. The van der Waals surface area contributed by atoms with Gasteiger partial charge >= 0.3 is 0 Å². The normalized spacial score (nSPS) is 18.7. The Balaban J connectivity index is 1.36. The van der Waals surface area contributed by atoms with Crippen molar-refractivity contribution in [3.05, 3.63) is 66.5 Å². The second kappa shape index (κ2) is 8.61. The van der Waals surface area contributed by atoms with Crippen molar-refractivity contribution in [2.24, 2.45) is 0 Å². The number of H-pyrrole nitrogens is 1. The van der Waals surface area contributed by atoms with E-state index in [9.17, 15) is 9.50 Å². The van der Waals surface area contributed by atoms with E-state index in [4.69, 9.17) is 15.2 Å². The molecule has 0 spiro atoms. The largest absolute Gasteiger partial charge is 0.473 e. The van der Waals surface area contributed by atoms with E-state index in [-0.39, 0.29) is 18.8 Å². The van der Waals surface area contributed by atoms with Crippen LogP contribution in [-0.2, 0) is 4.74 Å². The molecule has 4 N–H and O–H groups in total. The summed E-state index contributed by atoms with van der Waals surface area (Å²) in [4.78, 5) is 7.61. The Labute approximate surface area is 184 Å². The summed E-state index contributed by atoms with van der Waals surface area (Å²) < 4.78 is 26.4. The maximum absolute atomic E-state index is 14.8. The number of hydrogen-bond acceptors (Lipinski definition) is 5. The molecular weight excluding hydrogens is 409 g/mol. The zero-order valence-electron chi connectivity index (χ0n) is 17.4. The first-order valence-electron chi connectivity index (χ1n) is 10.6. The van der Waals surface area contributed by atoms with Gasteiger partial charge in [0, 0.05) is 23.4 Å². The van der Waals surface area contributed by atoms with Crippen LogP contribution < -0.4 is 10.5 Å². The van der Waals surface area contributed by atoms with Crippen LogP contribution in [-0.4, -0.2) is 40.5 Å². The van der Waals surface area contributed by atoms with Crippen LogP contribution in [0.4, 0.5) is 10.1 Å². The summed E-state index contributed by atoms with van der Waals surface area (Å²) in [6.45, 7) is 0.431. The number of aliphatic hydroxyl groups is 1. The Bertz CT molecular complexity index is 1210. The van der Waals surface area contributed by atoms with Gasteiger partial charge in [-0.15, -0.1) is 0 Å². The number of benzene rings is 2. The van der Waals surface area contributed by atoms with Crippen LogP contribution in [0, 0.1) is 5.82 Å². The molecule has 2 atom stereocenters. The third-order valence-corrected chi connectivity index (χ3v) is 5.76. The minimum atomic E-state index is -0.405. The van der Waals surface area contributed by atoms with Crippen molar-refractivity contribution in [1.29, 1.82) is 0 Å². The number of nitrogen functional groups attached to an aromatic ring is 1. The second-order valence-corrected chi connectivity index (χ2v) is 8.04. The summed E-state index contributed by atoms with van der Waals surface area (Å²) >= 11 is 0. The van der Waals surface area contributed by atoms with Gasteiger partial charge in [-0.25, -0.2) is 9.37 Å². The summed E-state index contributed by atoms with van der Waals surface area (Å²) in [5.41, 5.74) is 10.7. The molecule has 1 aliphatic rings. The van der Waals surface area contributed by atoms with Crippen molar-refractivity contribution in [2.45, 2.75) is 25.0 Å². The molecule has 0 aliphatic carbocycles. The fourth-order valence-electron chi connectivity index (χ4n) is 3.97. The lowest BCUT2D eigenvalue weighted by molar-refractivity contribution is -0.0663. The number of fused-ring (bicyclic) bond motifs is 1. The van der Waals surface area contributed by atoms with Gasteiger partial charge in [-0.2, -0.15) is 0 Å². The lowest BCUT2D eigenvalue weighted by atomic mass is 10.0. The highest BCUT2D eigenvalue weighted by Gasteiger charge is 2.23. The predicted molar refractivity (Wildman–Crippen MR) is 122 cm³/mol. The molecule has 7 heteroatoms. The number of nitrogens with two attached hydrogens (primary N) is 1. The average Bonchev–Trinajstić information content (AvgIpc) is 3.20. The Morgan fingerprint density at radius 2 is 1.72 bits per heavy atom. The van der Waals surface area contributed by atoms with Gasteiger partial charge in [0.15, 0.2) is 11.7 Å². The number of hydrogen-bond donors (Lipinski definition) is 3. The summed E-state index contributed by atoms with van der Waals surface area (Å²) in [5, 5.41) is 9.17. The van der Waals surface area contributed by atoms with Gasteiger partial charge in [0.2, 0.25) is 0 Å². The molecule has 4 aromatic rings. The maximum Gasteiger partial charge on any atom is 0.193 e. The van der Waals surface area contributed by atoms with Crippen LogP contribution in [0.15, 0.2) is 60.7 Å². The molecule has 0 amide bonds. The van der Waals surface area contributed by atoms with Crippen molar-refractivity contribution in [2.75, 3.05) is 18.9 Å². The Hall–Kier alpha value is -3.42. The van der Waals surface area contributed by atoms with Crippen LogP contribution >= 0.6 is 0 Å². The van der Waals surface area contributed by atoms with Gasteiger partial charge in [0.1, 0.15) is 11.8 Å². The number of nitrogens with zero attached hydrogens (tertiary/aromatic N) is 1. The zero-order chi connectivity index (χ0) is 22.1. The Morgan fingerprint density at radius 3 is 2.38 bits per heavy atom. The molecule has 5 rings (SSSR count). The smallest absolute Gasteiger partial charge is 0.193 e. The number of ether oxygens (including phenoxy) is 2. The Morgan fingerprint density at radius 1 is 1.03 bits per heavy atom. The summed E-state index contributed by atoms with van der Waals surface area (Å²) in [5.74, 6) is 0.122. The molecule has 0 bridgehead atoms. The average molecular weight is 433 g/mol. The molecule has 6 nitrogen and oxygen atoms in total. The predicted octanol–water partition coefficient (Wildman–Crippen LogP) is 4.54. The monoisotopic (exact) mass is 433 g/mol. The molecule has 1 fully saturated rings. The summed E-state index contributed by atoms with van der Waals surface area (Å²) in [6.07, 6.45) is 1.29. The summed E-state index contributed by atoms with van der Waals surface area (Å²) in [7, 11) is 0. The molecule has 1 saturated heterocycles. The maximum atomic E-state index is 14.8. The fraction of sp³-hybridized carbons (Fsp3) is 0.240. The van der Waals surface area contributed by atoms with E-state index in [1.807, 2.05) is 48.5 Å². The quantitative estimate of drug-likeness (QED) is 0.402. The SMILES string of the molecule is Nc1ccc(-c2ccc(-c3nc4cc(O[C@H]5CC[C@@H](CO)OC5)[nH]c4cc3F)cc2)cc1. The van der Waals surface area contributed by atoms with Gasteiger partial charge in [-0.3, -0.25) is 0 Å². The van der Waals surface area contributed by atoms with Crippen LogP contribution in [0.25, 0.3) is 33.4 Å². The highest BCUT2D eigenvalue weighted by Crippen LogP contribution is 2.30. The molecule has 2 aromatic carbocycles. The number of pyridine rings is 1. The molecule has 3 heterocycles. The summed E-state index contributed by atoms with van der Waals surface area (Å²) in [6, 6.07) is 18.5. The molecule has 2 aromatic heterocycles.